The van der Waals surface area contributed by atoms with Gasteiger partial charge in [-0.15, -0.1) is 0 Å². The molecule has 2 rings (SSSR count). The molecule has 0 aliphatic carbocycles. The van der Waals surface area contributed by atoms with Crippen molar-refractivity contribution in [1.29, 1.82) is 0 Å². The van der Waals surface area contributed by atoms with E-state index in [9.17, 15) is 8.42 Å². The normalized spacial score (nSPS) is 14.6. The fourth-order valence-corrected chi connectivity index (χ4v) is 1.80. The van der Waals surface area contributed by atoms with Crippen molar-refractivity contribution < 1.29 is 13.2 Å². The zero-order valence-corrected chi connectivity index (χ0v) is 8.12. The minimum absolute atomic E-state index is 0.0755. The predicted octanol–water partition coefficient (Wildman–Crippen LogP) is 0.740. The van der Waals surface area contributed by atoms with E-state index in [0.717, 1.165) is 5.56 Å². The number of hydrogen-bond acceptors (Lipinski definition) is 3. The van der Waals surface area contributed by atoms with E-state index in [4.69, 9.17) is 9.88 Å². The molecule has 0 aromatic heterocycles. The number of rotatable bonds is 1. The lowest BCUT2D eigenvalue weighted by molar-refractivity contribution is 0.357. The van der Waals surface area contributed by atoms with Gasteiger partial charge in [-0.25, -0.2) is 13.6 Å². The highest BCUT2D eigenvalue weighted by Gasteiger charge is 2.12. The van der Waals surface area contributed by atoms with Gasteiger partial charge in [0.05, 0.1) is 4.90 Å². The van der Waals surface area contributed by atoms with E-state index in [1.54, 1.807) is 6.07 Å². The van der Waals surface area contributed by atoms with Crippen molar-refractivity contribution in [3.05, 3.63) is 29.8 Å². The summed E-state index contributed by atoms with van der Waals surface area (Å²) < 4.78 is 27.3. The summed E-state index contributed by atoms with van der Waals surface area (Å²) in [5.41, 5.74) is 0.864. The van der Waals surface area contributed by atoms with Crippen molar-refractivity contribution in [2.45, 2.75) is 4.90 Å². The first-order valence-electron chi connectivity index (χ1n) is 4.03. The van der Waals surface area contributed by atoms with Crippen molar-refractivity contribution in [3.8, 4) is 5.75 Å². The first-order chi connectivity index (χ1) is 6.57. The summed E-state index contributed by atoms with van der Waals surface area (Å²) >= 11 is 0. The Bertz CT molecular complexity index is 491. The Kier molecular flexibility index (Phi) is 2.05. The molecule has 1 aliphatic heterocycles. The van der Waals surface area contributed by atoms with E-state index < -0.39 is 10.0 Å². The van der Waals surface area contributed by atoms with Gasteiger partial charge >= 0.3 is 0 Å². The highest BCUT2D eigenvalue weighted by atomic mass is 32.2. The van der Waals surface area contributed by atoms with E-state index in [1.807, 2.05) is 12.2 Å². The van der Waals surface area contributed by atoms with Crippen molar-refractivity contribution >= 4 is 16.1 Å². The summed E-state index contributed by atoms with van der Waals surface area (Å²) in [6, 6.07) is 4.58. The van der Waals surface area contributed by atoms with Gasteiger partial charge in [-0.2, -0.15) is 0 Å². The Labute approximate surface area is 82.0 Å². The predicted molar refractivity (Wildman–Crippen MR) is 52.3 cm³/mol. The average Bonchev–Trinajstić information content (AvgIpc) is 2.16. The Morgan fingerprint density at radius 2 is 2.14 bits per heavy atom. The van der Waals surface area contributed by atoms with Gasteiger partial charge in [0.2, 0.25) is 10.0 Å². The van der Waals surface area contributed by atoms with Crippen LogP contribution in [0.25, 0.3) is 6.08 Å². The highest BCUT2D eigenvalue weighted by molar-refractivity contribution is 7.89. The Morgan fingerprint density at radius 3 is 2.86 bits per heavy atom. The minimum Gasteiger partial charge on any atom is -0.489 e. The molecule has 4 nitrogen and oxygen atoms in total. The second-order valence-corrected chi connectivity index (χ2v) is 4.52. The van der Waals surface area contributed by atoms with Crippen LogP contribution in [0.1, 0.15) is 5.56 Å². The van der Waals surface area contributed by atoms with Gasteiger partial charge in [0.15, 0.2) is 0 Å². The fourth-order valence-electron chi connectivity index (χ4n) is 1.27. The molecule has 2 N–H and O–H groups in total. The standard InChI is InChI=1S/C9H9NO3S/c10-14(11,12)8-4-3-7-2-1-5-13-9(7)6-8/h1-4,6H,5H2,(H2,10,11,12). The third-order valence-electron chi connectivity index (χ3n) is 1.95. The largest absolute Gasteiger partial charge is 0.489 e. The number of fused-ring (bicyclic) bond motifs is 1. The molecule has 0 atom stereocenters. The molecule has 0 bridgehead atoms. The molecule has 74 valence electrons. The molecule has 0 saturated heterocycles. The van der Waals surface area contributed by atoms with Gasteiger partial charge in [0.1, 0.15) is 12.4 Å². The van der Waals surface area contributed by atoms with Crippen LogP contribution >= 0.6 is 0 Å². The van der Waals surface area contributed by atoms with Crippen molar-refractivity contribution in [1.82, 2.24) is 0 Å². The number of hydrogen-bond donors (Lipinski definition) is 1. The van der Waals surface area contributed by atoms with E-state index in [0.29, 0.717) is 12.4 Å². The number of benzene rings is 1. The van der Waals surface area contributed by atoms with Gasteiger partial charge < -0.3 is 4.74 Å². The van der Waals surface area contributed by atoms with Gasteiger partial charge in [-0.1, -0.05) is 6.08 Å². The van der Waals surface area contributed by atoms with Crippen LogP contribution in [-0.4, -0.2) is 15.0 Å². The van der Waals surface area contributed by atoms with Crippen molar-refractivity contribution in [2.75, 3.05) is 6.61 Å². The molecule has 0 spiro atoms. The Morgan fingerprint density at radius 1 is 1.36 bits per heavy atom. The molecule has 0 fully saturated rings. The lowest BCUT2D eigenvalue weighted by Crippen LogP contribution is -2.12. The molecule has 1 aliphatic rings. The summed E-state index contributed by atoms with van der Waals surface area (Å²) in [7, 11) is -3.64. The second-order valence-electron chi connectivity index (χ2n) is 2.96. The zero-order valence-electron chi connectivity index (χ0n) is 7.30. The van der Waals surface area contributed by atoms with Crippen molar-refractivity contribution in [3.63, 3.8) is 0 Å². The monoisotopic (exact) mass is 211 g/mol. The maximum atomic E-state index is 11.0. The fraction of sp³-hybridized carbons (Fsp3) is 0.111. The summed E-state index contributed by atoms with van der Waals surface area (Å²) in [6.45, 7) is 0.459. The van der Waals surface area contributed by atoms with Crippen LogP contribution in [0.15, 0.2) is 29.2 Å². The molecule has 1 heterocycles. The molecule has 0 radical (unpaired) electrons. The van der Waals surface area contributed by atoms with Crippen LogP contribution in [0.3, 0.4) is 0 Å². The number of nitrogens with two attached hydrogens (primary N) is 1. The summed E-state index contributed by atoms with van der Waals surface area (Å²) in [6.07, 6.45) is 3.74. The maximum Gasteiger partial charge on any atom is 0.238 e. The zero-order chi connectivity index (χ0) is 10.2. The SMILES string of the molecule is NS(=O)(=O)c1ccc2c(c1)OCC=C2. The van der Waals surface area contributed by atoms with Gasteiger partial charge in [0, 0.05) is 11.6 Å². The molecule has 5 heteroatoms. The van der Waals surface area contributed by atoms with Gasteiger partial charge in [-0.3, -0.25) is 0 Å². The Hall–Kier alpha value is -1.33. The smallest absolute Gasteiger partial charge is 0.238 e. The lowest BCUT2D eigenvalue weighted by atomic mass is 10.1. The second kappa shape index (κ2) is 3.11. The van der Waals surface area contributed by atoms with E-state index in [2.05, 4.69) is 0 Å². The first kappa shape index (κ1) is 9.23. The van der Waals surface area contributed by atoms with Crippen LogP contribution in [-0.2, 0) is 10.0 Å². The molecule has 1 aromatic carbocycles. The average molecular weight is 211 g/mol. The van der Waals surface area contributed by atoms with Crippen molar-refractivity contribution in [2.24, 2.45) is 5.14 Å². The summed E-state index contributed by atoms with van der Waals surface area (Å²) in [4.78, 5) is 0.0755. The maximum absolute atomic E-state index is 11.0. The third kappa shape index (κ3) is 1.64. The van der Waals surface area contributed by atoms with Gasteiger partial charge in [-0.05, 0) is 18.2 Å². The minimum atomic E-state index is -3.64. The topological polar surface area (TPSA) is 69.4 Å². The molecule has 0 saturated carbocycles. The highest BCUT2D eigenvalue weighted by Crippen LogP contribution is 2.26. The van der Waals surface area contributed by atoms with Crippen LogP contribution < -0.4 is 9.88 Å². The molecule has 1 aromatic rings. The van der Waals surface area contributed by atoms with Crippen LogP contribution in [0.5, 0.6) is 5.75 Å². The van der Waals surface area contributed by atoms with E-state index in [-0.39, 0.29) is 4.90 Å². The molecular weight excluding hydrogens is 202 g/mol. The summed E-state index contributed by atoms with van der Waals surface area (Å²) in [5.74, 6) is 0.555. The number of primary sulfonamides is 1. The Balaban J connectivity index is 2.55. The molecule has 0 unspecified atom stereocenters. The van der Waals surface area contributed by atoms with E-state index >= 15 is 0 Å². The van der Waals surface area contributed by atoms with Crippen LogP contribution in [0.4, 0.5) is 0 Å². The number of ether oxygens (including phenoxy) is 1. The molecular formula is C9H9NO3S. The lowest BCUT2D eigenvalue weighted by Gasteiger charge is -2.12. The van der Waals surface area contributed by atoms with Crippen LogP contribution in [0, 0.1) is 0 Å². The first-order valence-corrected chi connectivity index (χ1v) is 5.58. The molecule has 14 heavy (non-hydrogen) atoms. The third-order valence-corrected chi connectivity index (χ3v) is 2.86. The van der Waals surface area contributed by atoms with Crippen LogP contribution in [0.2, 0.25) is 0 Å². The number of sulfonamides is 1. The molecule has 0 amide bonds. The van der Waals surface area contributed by atoms with E-state index in [1.165, 1.54) is 12.1 Å². The summed E-state index contributed by atoms with van der Waals surface area (Å²) in [5, 5.41) is 4.99. The quantitative estimate of drug-likeness (QED) is 0.744. The van der Waals surface area contributed by atoms with Gasteiger partial charge in [0.25, 0.3) is 0 Å².